The molecule has 0 amide bonds. The maximum absolute atomic E-state index is 5.39. The second-order valence-corrected chi connectivity index (χ2v) is 6.26. The molecule has 2 aromatic carbocycles. The lowest BCUT2D eigenvalue weighted by molar-refractivity contribution is 0.122. The normalized spacial score (nSPS) is 15.0. The van der Waals surface area contributed by atoms with E-state index in [2.05, 4.69) is 81.3 Å². The minimum Gasteiger partial charge on any atom is -0.380 e. The summed E-state index contributed by atoms with van der Waals surface area (Å²) in [5.74, 6) is 0. The number of benzene rings is 2. The van der Waals surface area contributed by atoms with Crippen LogP contribution in [0.1, 0.15) is 5.56 Å². The van der Waals surface area contributed by atoms with Crippen molar-refractivity contribution in [3.63, 3.8) is 0 Å². The van der Waals surface area contributed by atoms with Crippen LogP contribution in [0, 0.1) is 3.57 Å². The molecule has 1 saturated heterocycles. The number of nitrogens with zero attached hydrogens (tertiary/aromatic N) is 1. The van der Waals surface area contributed by atoms with Crippen LogP contribution in [0.4, 0.5) is 11.4 Å². The van der Waals surface area contributed by atoms with Gasteiger partial charge in [0.25, 0.3) is 0 Å². The predicted molar refractivity (Wildman–Crippen MR) is 96.0 cm³/mol. The van der Waals surface area contributed by atoms with Crippen LogP contribution in [-0.2, 0) is 11.3 Å². The number of nitrogens with one attached hydrogen (secondary N) is 1. The highest BCUT2D eigenvalue weighted by Gasteiger charge is 2.10. The van der Waals surface area contributed by atoms with Crippen molar-refractivity contribution in [2.24, 2.45) is 0 Å². The number of anilines is 2. The summed E-state index contributed by atoms with van der Waals surface area (Å²) in [4.78, 5) is 2.38. The van der Waals surface area contributed by atoms with Crippen LogP contribution in [0.25, 0.3) is 0 Å². The van der Waals surface area contributed by atoms with Gasteiger partial charge in [-0.2, -0.15) is 0 Å². The van der Waals surface area contributed by atoms with Gasteiger partial charge in [0.2, 0.25) is 0 Å². The van der Waals surface area contributed by atoms with Gasteiger partial charge >= 0.3 is 0 Å². The van der Waals surface area contributed by atoms with Gasteiger partial charge in [-0.15, -0.1) is 0 Å². The van der Waals surface area contributed by atoms with E-state index in [1.807, 2.05) is 0 Å². The van der Waals surface area contributed by atoms with Gasteiger partial charge in [-0.1, -0.05) is 24.3 Å². The first-order chi connectivity index (χ1) is 10.3. The Bertz CT molecular complexity index is 580. The van der Waals surface area contributed by atoms with Crippen molar-refractivity contribution in [2.75, 3.05) is 36.5 Å². The van der Waals surface area contributed by atoms with Crippen LogP contribution >= 0.6 is 22.6 Å². The number of halogens is 1. The SMILES string of the molecule is Ic1ccccc1NCc1ccc(N2CCOCC2)cc1. The molecule has 0 saturated carbocycles. The molecular weight excluding hydrogens is 375 g/mol. The largest absolute Gasteiger partial charge is 0.380 e. The third-order valence-corrected chi connectivity index (χ3v) is 4.61. The predicted octanol–water partition coefficient (Wildman–Crippen LogP) is 3.74. The molecular formula is C17H19IN2O. The van der Waals surface area contributed by atoms with Gasteiger partial charge in [0.15, 0.2) is 0 Å². The Hall–Kier alpha value is -1.27. The number of para-hydroxylation sites is 1. The van der Waals surface area contributed by atoms with E-state index >= 15 is 0 Å². The minimum atomic E-state index is 0.829. The Kier molecular flexibility index (Phi) is 4.98. The summed E-state index contributed by atoms with van der Waals surface area (Å²) in [5, 5.41) is 3.49. The Morgan fingerprint density at radius 1 is 1.00 bits per heavy atom. The van der Waals surface area contributed by atoms with E-state index in [0.717, 1.165) is 32.8 Å². The van der Waals surface area contributed by atoms with Gasteiger partial charge in [0.1, 0.15) is 0 Å². The highest BCUT2D eigenvalue weighted by molar-refractivity contribution is 14.1. The van der Waals surface area contributed by atoms with Gasteiger partial charge in [0, 0.05) is 34.6 Å². The average Bonchev–Trinajstić information content (AvgIpc) is 2.55. The fourth-order valence-corrected chi connectivity index (χ4v) is 3.03. The molecule has 1 aliphatic rings. The van der Waals surface area contributed by atoms with Crippen LogP contribution in [0.15, 0.2) is 48.5 Å². The van der Waals surface area contributed by atoms with E-state index in [1.165, 1.54) is 20.5 Å². The van der Waals surface area contributed by atoms with Gasteiger partial charge in [-0.25, -0.2) is 0 Å². The molecule has 0 unspecified atom stereocenters. The Morgan fingerprint density at radius 2 is 1.71 bits per heavy atom. The molecule has 0 spiro atoms. The standard InChI is InChI=1S/C17H19IN2O/c18-16-3-1-2-4-17(16)19-13-14-5-7-15(8-6-14)20-9-11-21-12-10-20/h1-8,19H,9-13H2. The van der Waals surface area contributed by atoms with Crippen LogP contribution in [-0.4, -0.2) is 26.3 Å². The highest BCUT2D eigenvalue weighted by Crippen LogP contribution is 2.20. The number of rotatable bonds is 4. The van der Waals surface area contributed by atoms with Gasteiger partial charge in [-0.3, -0.25) is 0 Å². The lowest BCUT2D eigenvalue weighted by Gasteiger charge is -2.28. The molecule has 0 radical (unpaired) electrons. The molecule has 110 valence electrons. The number of hydrogen-bond donors (Lipinski definition) is 1. The van der Waals surface area contributed by atoms with Crippen LogP contribution in [0.3, 0.4) is 0 Å². The summed E-state index contributed by atoms with van der Waals surface area (Å²) < 4.78 is 6.64. The van der Waals surface area contributed by atoms with Gasteiger partial charge in [-0.05, 0) is 52.4 Å². The van der Waals surface area contributed by atoms with Crippen molar-refractivity contribution in [1.29, 1.82) is 0 Å². The van der Waals surface area contributed by atoms with E-state index < -0.39 is 0 Å². The fraction of sp³-hybridized carbons (Fsp3) is 0.294. The highest BCUT2D eigenvalue weighted by atomic mass is 127. The van der Waals surface area contributed by atoms with E-state index in [9.17, 15) is 0 Å². The zero-order valence-electron chi connectivity index (χ0n) is 11.9. The van der Waals surface area contributed by atoms with Crippen LogP contribution < -0.4 is 10.2 Å². The third kappa shape index (κ3) is 3.89. The van der Waals surface area contributed by atoms with Crippen LogP contribution in [0.2, 0.25) is 0 Å². The fourth-order valence-electron chi connectivity index (χ4n) is 2.45. The molecule has 3 rings (SSSR count). The molecule has 1 N–H and O–H groups in total. The molecule has 0 bridgehead atoms. The summed E-state index contributed by atoms with van der Waals surface area (Å²) in [5.41, 5.74) is 3.78. The molecule has 4 heteroatoms. The lowest BCUT2D eigenvalue weighted by Crippen LogP contribution is -2.36. The Labute approximate surface area is 139 Å². The minimum absolute atomic E-state index is 0.829. The molecule has 3 nitrogen and oxygen atoms in total. The van der Waals surface area contributed by atoms with E-state index in [-0.39, 0.29) is 0 Å². The van der Waals surface area contributed by atoms with E-state index in [4.69, 9.17) is 4.74 Å². The van der Waals surface area contributed by atoms with Crippen molar-refractivity contribution in [3.05, 3.63) is 57.7 Å². The maximum atomic E-state index is 5.39. The Morgan fingerprint density at radius 3 is 2.43 bits per heavy atom. The molecule has 1 heterocycles. The molecule has 1 fully saturated rings. The third-order valence-electron chi connectivity index (χ3n) is 3.67. The lowest BCUT2D eigenvalue weighted by atomic mass is 10.2. The summed E-state index contributed by atoms with van der Waals surface area (Å²) in [7, 11) is 0. The van der Waals surface area contributed by atoms with E-state index in [0.29, 0.717) is 0 Å². The smallest absolute Gasteiger partial charge is 0.0642 e. The summed E-state index contributed by atoms with van der Waals surface area (Å²) in [6.07, 6.45) is 0. The zero-order valence-corrected chi connectivity index (χ0v) is 14.0. The van der Waals surface area contributed by atoms with Crippen molar-refractivity contribution in [3.8, 4) is 0 Å². The quantitative estimate of drug-likeness (QED) is 0.800. The zero-order chi connectivity index (χ0) is 14.5. The first-order valence-corrected chi connectivity index (χ1v) is 8.31. The van der Waals surface area contributed by atoms with Gasteiger partial charge in [0.05, 0.1) is 13.2 Å². The second-order valence-electron chi connectivity index (χ2n) is 5.10. The first-order valence-electron chi connectivity index (χ1n) is 7.23. The molecule has 2 aromatic rings. The van der Waals surface area contributed by atoms with Gasteiger partial charge < -0.3 is 15.0 Å². The van der Waals surface area contributed by atoms with Crippen molar-refractivity contribution in [1.82, 2.24) is 0 Å². The summed E-state index contributed by atoms with van der Waals surface area (Å²) in [6, 6.07) is 17.2. The molecule has 21 heavy (non-hydrogen) atoms. The van der Waals surface area contributed by atoms with E-state index in [1.54, 1.807) is 0 Å². The molecule has 0 aliphatic carbocycles. The number of hydrogen-bond acceptors (Lipinski definition) is 3. The maximum Gasteiger partial charge on any atom is 0.0642 e. The molecule has 0 aromatic heterocycles. The summed E-state index contributed by atoms with van der Waals surface area (Å²) in [6.45, 7) is 4.48. The monoisotopic (exact) mass is 394 g/mol. The van der Waals surface area contributed by atoms with Crippen molar-refractivity contribution < 1.29 is 4.74 Å². The van der Waals surface area contributed by atoms with Crippen molar-refractivity contribution >= 4 is 34.0 Å². The average molecular weight is 394 g/mol. The molecule has 0 atom stereocenters. The summed E-state index contributed by atoms with van der Waals surface area (Å²) >= 11 is 2.36. The first kappa shape index (κ1) is 14.7. The second kappa shape index (κ2) is 7.13. The number of morpholine rings is 1. The topological polar surface area (TPSA) is 24.5 Å². The van der Waals surface area contributed by atoms with Crippen LogP contribution in [0.5, 0.6) is 0 Å². The Balaban J connectivity index is 1.60. The van der Waals surface area contributed by atoms with Crippen molar-refractivity contribution in [2.45, 2.75) is 6.54 Å². The number of ether oxygens (including phenoxy) is 1. The molecule has 1 aliphatic heterocycles.